The van der Waals surface area contributed by atoms with E-state index in [1.165, 1.54) is 77.3 Å². The molecule has 256 valence electrons. The minimum absolute atomic E-state index is 0.0125. The molecule has 0 aromatic heterocycles. The zero-order chi connectivity index (χ0) is 31.8. The second-order valence-corrected chi connectivity index (χ2v) is 12.8. The third-order valence-corrected chi connectivity index (χ3v) is 8.73. The van der Waals surface area contributed by atoms with Crippen LogP contribution >= 0.6 is 0 Å². The normalized spacial score (nSPS) is 12.9. The molecule has 0 aliphatic heterocycles. The molecular weight excluding hydrogens is 538 g/mol. The maximum Gasteiger partial charge on any atom is 0.308 e. The van der Waals surface area contributed by atoms with Crippen molar-refractivity contribution in [2.45, 2.75) is 175 Å². The number of nitrogens with zero attached hydrogens (tertiary/aromatic N) is 1. The first-order chi connectivity index (χ1) is 21.0. The van der Waals surface area contributed by atoms with Crippen LogP contribution in [-0.2, 0) is 19.1 Å². The number of aliphatic hydroxyl groups is 1. The Labute approximate surface area is 267 Å². The summed E-state index contributed by atoms with van der Waals surface area (Å²) in [5.74, 6) is 0.120. The van der Waals surface area contributed by atoms with Crippen LogP contribution in [0.15, 0.2) is 0 Å². The lowest BCUT2D eigenvalue weighted by Gasteiger charge is -2.22. The molecule has 0 aliphatic carbocycles. The van der Waals surface area contributed by atoms with Gasteiger partial charge in [-0.05, 0) is 77.4 Å². The Kier molecular flexibility index (Phi) is 31.4. The molecule has 0 heterocycles. The van der Waals surface area contributed by atoms with E-state index in [1.54, 1.807) is 0 Å². The van der Waals surface area contributed by atoms with Crippen molar-refractivity contribution in [3.05, 3.63) is 0 Å². The number of aliphatic hydroxyl groups excluding tert-OH is 1. The van der Waals surface area contributed by atoms with Crippen LogP contribution in [-0.4, -0.2) is 61.4 Å². The van der Waals surface area contributed by atoms with Gasteiger partial charge in [0, 0.05) is 6.61 Å². The number of esters is 2. The van der Waals surface area contributed by atoms with E-state index >= 15 is 0 Å². The van der Waals surface area contributed by atoms with Crippen LogP contribution in [0, 0.1) is 11.8 Å². The molecule has 43 heavy (non-hydrogen) atoms. The van der Waals surface area contributed by atoms with Crippen LogP contribution in [0.3, 0.4) is 0 Å². The van der Waals surface area contributed by atoms with Crippen molar-refractivity contribution >= 4 is 11.9 Å². The third-order valence-electron chi connectivity index (χ3n) is 8.73. The molecule has 0 bridgehead atoms. The highest BCUT2D eigenvalue weighted by molar-refractivity contribution is 5.72. The number of rotatable bonds is 33. The Bertz CT molecular complexity index is 614. The van der Waals surface area contributed by atoms with Crippen LogP contribution in [0.5, 0.6) is 0 Å². The Morgan fingerprint density at radius 1 is 0.558 bits per heavy atom. The van der Waals surface area contributed by atoms with Gasteiger partial charge in [0.25, 0.3) is 0 Å². The third kappa shape index (κ3) is 26.9. The molecule has 0 radical (unpaired) electrons. The van der Waals surface area contributed by atoms with Crippen molar-refractivity contribution in [1.29, 1.82) is 0 Å². The van der Waals surface area contributed by atoms with Gasteiger partial charge in [-0.25, -0.2) is 0 Å². The molecule has 0 saturated heterocycles. The van der Waals surface area contributed by atoms with Gasteiger partial charge in [-0.2, -0.15) is 0 Å². The Morgan fingerprint density at radius 3 is 1.44 bits per heavy atom. The van der Waals surface area contributed by atoms with Gasteiger partial charge in [-0.3, -0.25) is 9.59 Å². The van der Waals surface area contributed by atoms with E-state index in [-0.39, 0.29) is 23.8 Å². The molecular formula is C37H73NO5. The summed E-state index contributed by atoms with van der Waals surface area (Å²) in [5.41, 5.74) is 0. The molecule has 2 unspecified atom stereocenters. The highest BCUT2D eigenvalue weighted by atomic mass is 16.5. The van der Waals surface area contributed by atoms with Gasteiger partial charge in [0.1, 0.15) is 0 Å². The van der Waals surface area contributed by atoms with E-state index in [2.05, 4.69) is 25.7 Å². The van der Waals surface area contributed by atoms with Crippen molar-refractivity contribution in [2.24, 2.45) is 11.8 Å². The smallest absolute Gasteiger partial charge is 0.308 e. The van der Waals surface area contributed by atoms with Crippen molar-refractivity contribution in [1.82, 2.24) is 4.90 Å². The summed E-state index contributed by atoms with van der Waals surface area (Å²) in [6, 6.07) is 0. The van der Waals surface area contributed by atoms with Crippen molar-refractivity contribution in [3.63, 3.8) is 0 Å². The lowest BCUT2D eigenvalue weighted by atomic mass is 10.00. The number of unbranched alkanes of at least 4 members (excludes halogenated alkanes) is 15. The SMILES string of the molecule is CCCCC(C)C(=O)OCCCCCCCCCN(CCCCO)CCCCCCCCCOC(=O)C(CC)CCCC. The molecule has 6 heteroatoms. The number of hydrogen-bond donors (Lipinski definition) is 1. The van der Waals surface area contributed by atoms with E-state index in [0.29, 0.717) is 19.8 Å². The van der Waals surface area contributed by atoms with Crippen LogP contribution < -0.4 is 0 Å². The first-order valence-electron chi connectivity index (χ1n) is 18.7. The number of carbonyl (C=O) groups excluding carboxylic acids is 2. The van der Waals surface area contributed by atoms with Crippen LogP contribution in [0.25, 0.3) is 0 Å². The summed E-state index contributed by atoms with van der Waals surface area (Å²) in [5, 5.41) is 9.19. The Balaban J connectivity index is 3.79. The zero-order valence-electron chi connectivity index (χ0n) is 29.2. The summed E-state index contributed by atoms with van der Waals surface area (Å²) in [4.78, 5) is 26.8. The average molecular weight is 612 g/mol. The fourth-order valence-corrected chi connectivity index (χ4v) is 5.60. The van der Waals surface area contributed by atoms with Gasteiger partial charge in [0.2, 0.25) is 0 Å². The molecule has 0 rings (SSSR count). The summed E-state index contributed by atoms with van der Waals surface area (Å²) >= 11 is 0. The fourth-order valence-electron chi connectivity index (χ4n) is 5.60. The van der Waals surface area contributed by atoms with Gasteiger partial charge in [0.15, 0.2) is 0 Å². The molecule has 0 spiro atoms. The van der Waals surface area contributed by atoms with Crippen molar-refractivity contribution in [2.75, 3.05) is 39.5 Å². The van der Waals surface area contributed by atoms with Crippen LogP contribution in [0.1, 0.15) is 175 Å². The maximum atomic E-state index is 12.2. The van der Waals surface area contributed by atoms with E-state index in [1.807, 2.05) is 6.92 Å². The first kappa shape index (κ1) is 41.9. The van der Waals surface area contributed by atoms with E-state index in [0.717, 1.165) is 90.0 Å². The number of carbonyl (C=O) groups is 2. The van der Waals surface area contributed by atoms with Crippen LogP contribution in [0.4, 0.5) is 0 Å². The molecule has 0 aliphatic rings. The molecule has 0 saturated carbocycles. The molecule has 0 fully saturated rings. The van der Waals surface area contributed by atoms with Crippen LogP contribution in [0.2, 0.25) is 0 Å². The number of hydrogen-bond acceptors (Lipinski definition) is 6. The van der Waals surface area contributed by atoms with Crippen molar-refractivity contribution < 1.29 is 24.2 Å². The lowest BCUT2D eigenvalue weighted by molar-refractivity contribution is -0.149. The monoisotopic (exact) mass is 612 g/mol. The van der Waals surface area contributed by atoms with Gasteiger partial charge >= 0.3 is 11.9 Å². The molecule has 0 aromatic carbocycles. The predicted molar refractivity (Wildman–Crippen MR) is 181 cm³/mol. The molecule has 1 N–H and O–H groups in total. The van der Waals surface area contributed by atoms with E-state index in [4.69, 9.17) is 9.47 Å². The summed E-state index contributed by atoms with van der Waals surface area (Å²) in [7, 11) is 0. The Morgan fingerprint density at radius 2 is 0.977 bits per heavy atom. The quantitative estimate of drug-likeness (QED) is 0.0588. The summed E-state index contributed by atoms with van der Waals surface area (Å²) in [6.45, 7) is 13.3. The Hall–Kier alpha value is -1.14. The van der Waals surface area contributed by atoms with Gasteiger partial charge in [0.05, 0.1) is 25.0 Å². The second kappa shape index (κ2) is 32.3. The van der Waals surface area contributed by atoms with Gasteiger partial charge in [-0.1, -0.05) is 118 Å². The maximum absolute atomic E-state index is 12.2. The largest absolute Gasteiger partial charge is 0.465 e. The standard InChI is InChI=1S/C37H73NO5/c1-5-8-26-34(4)36(40)42-32-24-18-14-10-12-16-20-28-38(30-22-23-31-39)29-21-17-13-11-15-19-25-33-43-37(41)35(7-3)27-9-6-2/h34-35,39H,5-33H2,1-4H3. The first-order valence-corrected chi connectivity index (χ1v) is 18.7. The van der Waals surface area contributed by atoms with Gasteiger partial charge in [-0.15, -0.1) is 0 Å². The number of ether oxygens (including phenoxy) is 2. The minimum atomic E-state index is -0.0219. The van der Waals surface area contributed by atoms with Crippen molar-refractivity contribution in [3.8, 4) is 0 Å². The highest BCUT2D eigenvalue weighted by Gasteiger charge is 2.17. The predicted octanol–water partition coefficient (Wildman–Crippen LogP) is 9.65. The fraction of sp³-hybridized carbons (Fsp3) is 0.946. The molecule has 0 amide bonds. The van der Waals surface area contributed by atoms with E-state index in [9.17, 15) is 14.7 Å². The summed E-state index contributed by atoms with van der Waals surface area (Å²) < 4.78 is 11.0. The van der Waals surface area contributed by atoms with E-state index < -0.39 is 0 Å². The summed E-state index contributed by atoms with van der Waals surface area (Å²) in [6.07, 6.45) is 26.2. The average Bonchev–Trinajstić information content (AvgIpc) is 3.01. The second-order valence-electron chi connectivity index (χ2n) is 12.8. The lowest BCUT2D eigenvalue weighted by Crippen LogP contribution is -2.27. The molecule has 6 nitrogen and oxygen atoms in total. The van der Waals surface area contributed by atoms with Gasteiger partial charge < -0.3 is 19.5 Å². The highest BCUT2D eigenvalue weighted by Crippen LogP contribution is 2.16. The minimum Gasteiger partial charge on any atom is -0.465 e. The topological polar surface area (TPSA) is 76.1 Å². The molecule has 2 atom stereocenters. The zero-order valence-corrected chi connectivity index (χ0v) is 29.2. The molecule has 0 aromatic rings.